The molecule has 1 heterocycles. The third-order valence-electron chi connectivity index (χ3n) is 3.18. The highest BCUT2D eigenvalue weighted by molar-refractivity contribution is 6.31. The molecular weight excluding hydrogens is 289 g/mol. The van der Waals surface area contributed by atoms with Crippen molar-refractivity contribution in [2.75, 3.05) is 19.0 Å². The first-order chi connectivity index (χ1) is 10.1. The van der Waals surface area contributed by atoms with Crippen LogP contribution < -0.4 is 4.90 Å². The van der Waals surface area contributed by atoms with E-state index in [9.17, 15) is 4.39 Å². The summed E-state index contributed by atoms with van der Waals surface area (Å²) in [5.74, 6) is 0.739. The van der Waals surface area contributed by atoms with E-state index in [0.717, 1.165) is 10.9 Å². The zero-order valence-corrected chi connectivity index (χ0v) is 12.4. The van der Waals surface area contributed by atoms with Gasteiger partial charge in [0, 0.05) is 24.5 Å². The van der Waals surface area contributed by atoms with Crippen LogP contribution in [0.15, 0.2) is 42.5 Å². The third-order valence-corrected chi connectivity index (χ3v) is 3.41. The Morgan fingerprint density at radius 1 is 1.05 bits per heavy atom. The number of halogens is 2. The molecule has 0 spiro atoms. The second-order valence-electron chi connectivity index (χ2n) is 4.91. The molecule has 2 aromatic carbocycles. The minimum absolute atomic E-state index is 0.337. The van der Waals surface area contributed by atoms with Gasteiger partial charge < -0.3 is 4.90 Å². The first-order valence-corrected chi connectivity index (χ1v) is 6.83. The van der Waals surface area contributed by atoms with Crippen LogP contribution in [0, 0.1) is 5.82 Å². The average Bonchev–Trinajstić information content (AvgIpc) is 2.46. The predicted molar refractivity (Wildman–Crippen MR) is 84.3 cm³/mol. The number of rotatable bonds is 2. The van der Waals surface area contributed by atoms with Crippen molar-refractivity contribution in [3.63, 3.8) is 0 Å². The maximum atomic E-state index is 14.0. The number of hydrogen-bond donors (Lipinski definition) is 0. The maximum Gasteiger partial charge on any atom is 0.165 e. The standard InChI is InChI=1S/C16H13ClFN3/c1-21(2)16-12-9-10(17)7-8-14(12)19-15(20-16)11-5-3-4-6-13(11)18/h3-9H,1-2H3. The first-order valence-electron chi connectivity index (χ1n) is 6.46. The van der Waals surface area contributed by atoms with Crippen LogP contribution in [0.4, 0.5) is 10.2 Å². The van der Waals surface area contributed by atoms with Crippen molar-refractivity contribution in [3.05, 3.63) is 53.3 Å². The van der Waals surface area contributed by atoms with Gasteiger partial charge in [-0.25, -0.2) is 14.4 Å². The molecule has 0 radical (unpaired) electrons. The third kappa shape index (κ3) is 2.54. The molecule has 0 N–H and O–H groups in total. The van der Waals surface area contributed by atoms with E-state index in [1.54, 1.807) is 24.3 Å². The molecule has 0 bridgehead atoms. The van der Waals surface area contributed by atoms with E-state index in [1.165, 1.54) is 6.07 Å². The summed E-state index contributed by atoms with van der Waals surface area (Å²) in [5.41, 5.74) is 1.12. The van der Waals surface area contributed by atoms with Crippen molar-refractivity contribution in [2.24, 2.45) is 0 Å². The Bertz CT molecular complexity index is 818. The van der Waals surface area contributed by atoms with E-state index in [0.29, 0.717) is 22.2 Å². The Morgan fingerprint density at radius 2 is 1.81 bits per heavy atom. The normalized spacial score (nSPS) is 10.9. The Balaban J connectivity index is 2.31. The highest BCUT2D eigenvalue weighted by atomic mass is 35.5. The monoisotopic (exact) mass is 301 g/mol. The van der Waals surface area contributed by atoms with Crippen LogP contribution in [-0.2, 0) is 0 Å². The van der Waals surface area contributed by atoms with Crippen molar-refractivity contribution >= 4 is 28.3 Å². The molecule has 0 aliphatic rings. The van der Waals surface area contributed by atoms with E-state index in [2.05, 4.69) is 9.97 Å². The van der Waals surface area contributed by atoms with Crippen LogP contribution in [0.25, 0.3) is 22.3 Å². The molecule has 0 atom stereocenters. The van der Waals surface area contributed by atoms with Crippen molar-refractivity contribution in [1.82, 2.24) is 9.97 Å². The van der Waals surface area contributed by atoms with Gasteiger partial charge in [-0.05, 0) is 30.3 Å². The summed E-state index contributed by atoms with van der Waals surface area (Å²) in [7, 11) is 3.77. The molecule has 0 aliphatic carbocycles. The van der Waals surface area contributed by atoms with E-state index in [-0.39, 0.29) is 5.82 Å². The SMILES string of the molecule is CN(C)c1nc(-c2ccccc2F)nc2ccc(Cl)cc12. The number of anilines is 1. The molecule has 0 amide bonds. The fraction of sp³-hybridized carbons (Fsp3) is 0.125. The van der Waals surface area contributed by atoms with Crippen LogP contribution >= 0.6 is 11.6 Å². The van der Waals surface area contributed by atoms with Crippen LogP contribution in [0.1, 0.15) is 0 Å². The van der Waals surface area contributed by atoms with Gasteiger partial charge in [-0.15, -0.1) is 0 Å². The van der Waals surface area contributed by atoms with E-state index < -0.39 is 0 Å². The van der Waals surface area contributed by atoms with E-state index in [1.807, 2.05) is 31.1 Å². The predicted octanol–water partition coefficient (Wildman–Crippen LogP) is 4.16. The molecule has 1 aromatic heterocycles. The molecule has 0 unspecified atom stereocenters. The summed E-state index contributed by atoms with van der Waals surface area (Å²) in [6, 6.07) is 11.9. The summed E-state index contributed by atoms with van der Waals surface area (Å²) in [6.07, 6.45) is 0. The average molecular weight is 302 g/mol. The van der Waals surface area contributed by atoms with Crippen LogP contribution in [0.5, 0.6) is 0 Å². The van der Waals surface area contributed by atoms with Gasteiger partial charge in [0.05, 0.1) is 11.1 Å². The molecule has 5 heteroatoms. The molecule has 0 fully saturated rings. The smallest absolute Gasteiger partial charge is 0.165 e. The zero-order valence-electron chi connectivity index (χ0n) is 11.6. The van der Waals surface area contributed by atoms with Crippen LogP contribution in [-0.4, -0.2) is 24.1 Å². The topological polar surface area (TPSA) is 29.0 Å². The molecular formula is C16H13ClFN3. The lowest BCUT2D eigenvalue weighted by molar-refractivity contribution is 0.630. The minimum atomic E-state index is -0.337. The Labute approximate surface area is 127 Å². The molecule has 106 valence electrons. The lowest BCUT2D eigenvalue weighted by Crippen LogP contribution is -2.12. The molecule has 3 aromatic rings. The van der Waals surface area contributed by atoms with Gasteiger partial charge in [0.15, 0.2) is 5.82 Å². The maximum absolute atomic E-state index is 14.0. The molecule has 21 heavy (non-hydrogen) atoms. The first kappa shape index (κ1) is 13.8. The van der Waals surface area contributed by atoms with Crippen LogP contribution in [0.3, 0.4) is 0 Å². The molecule has 3 nitrogen and oxygen atoms in total. The van der Waals surface area contributed by atoms with Crippen molar-refractivity contribution in [2.45, 2.75) is 0 Å². The van der Waals surface area contributed by atoms with Gasteiger partial charge in [0.2, 0.25) is 0 Å². The Kier molecular flexibility index (Phi) is 3.47. The van der Waals surface area contributed by atoms with Crippen molar-refractivity contribution < 1.29 is 4.39 Å². The number of benzene rings is 2. The Morgan fingerprint density at radius 3 is 2.52 bits per heavy atom. The largest absolute Gasteiger partial charge is 0.362 e. The van der Waals surface area contributed by atoms with Crippen molar-refractivity contribution in [1.29, 1.82) is 0 Å². The highest BCUT2D eigenvalue weighted by Gasteiger charge is 2.13. The lowest BCUT2D eigenvalue weighted by atomic mass is 10.1. The van der Waals surface area contributed by atoms with E-state index >= 15 is 0 Å². The summed E-state index contributed by atoms with van der Waals surface area (Å²) in [5, 5.41) is 1.46. The summed E-state index contributed by atoms with van der Waals surface area (Å²) in [4.78, 5) is 10.8. The molecule has 0 saturated carbocycles. The van der Waals surface area contributed by atoms with E-state index in [4.69, 9.17) is 11.6 Å². The minimum Gasteiger partial charge on any atom is -0.362 e. The quantitative estimate of drug-likeness (QED) is 0.712. The second kappa shape index (κ2) is 5.30. The molecule has 0 saturated heterocycles. The van der Waals surface area contributed by atoms with Gasteiger partial charge in [-0.2, -0.15) is 0 Å². The summed E-state index contributed by atoms with van der Waals surface area (Å²) >= 11 is 6.04. The highest BCUT2D eigenvalue weighted by Crippen LogP contribution is 2.29. The zero-order chi connectivity index (χ0) is 15.0. The summed E-state index contributed by atoms with van der Waals surface area (Å²) in [6.45, 7) is 0. The van der Waals surface area contributed by atoms with Gasteiger partial charge in [-0.1, -0.05) is 23.7 Å². The van der Waals surface area contributed by atoms with Crippen molar-refractivity contribution in [3.8, 4) is 11.4 Å². The molecule has 0 aliphatic heterocycles. The van der Waals surface area contributed by atoms with Gasteiger partial charge >= 0.3 is 0 Å². The second-order valence-corrected chi connectivity index (χ2v) is 5.34. The van der Waals surface area contributed by atoms with Gasteiger partial charge in [0.1, 0.15) is 11.6 Å². The summed E-state index contributed by atoms with van der Waals surface area (Å²) < 4.78 is 14.0. The number of fused-ring (bicyclic) bond motifs is 1. The fourth-order valence-corrected chi connectivity index (χ4v) is 2.36. The van der Waals surface area contributed by atoms with Gasteiger partial charge in [0.25, 0.3) is 0 Å². The Hall–Kier alpha value is -2.20. The molecule has 3 rings (SSSR count). The van der Waals surface area contributed by atoms with Gasteiger partial charge in [-0.3, -0.25) is 0 Å². The lowest BCUT2D eigenvalue weighted by Gasteiger charge is -2.15. The fourth-order valence-electron chi connectivity index (χ4n) is 2.19. The number of hydrogen-bond acceptors (Lipinski definition) is 3. The van der Waals surface area contributed by atoms with Crippen LogP contribution in [0.2, 0.25) is 5.02 Å². The number of aromatic nitrogens is 2. The number of nitrogens with zero attached hydrogens (tertiary/aromatic N) is 3.